The number of rotatable bonds is 4. The Labute approximate surface area is 171 Å². The predicted molar refractivity (Wildman–Crippen MR) is 105 cm³/mol. The number of nitro groups is 1. The highest BCUT2D eigenvalue weighted by molar-refractivity contribution is 7.98. The Balaban J connectivity index is 0.000000500. The molecule has 0 atom stereocenters. The van der Waals surface area contributed by atoms with Crippen LogP contribution in [0.4, 0.5) is 23.0 Å². The predicted octanol–water partition coefficient (Wildman–Crippen LogP) is 6.28. The molecule has 1 aromatic heterocycles. The van der Waals surface area contributed by atoms with E-state index in [4.69, 9.17) is 11.6 Å². The Morgan fingerprint density at radius 3 is 2.07 bits per heavy atom. The van der Waals surface area contributed by atoms with Crippen LogP contribution in [-0.4, -0.2) is 18.4 Å². The van der Waals surface area contributed by atoms with Gasteiger partial charge < -0.3 is 17.3 Å². The minimum absolute atomic E-state index is 0.0909. The number of nitro benzene ring substituents is 1. The van der Waals surface area contributed by atoms with Gasteiger partial charge in [0.2, 0.25) is 11.2 Å². The molecule has 1 heterocycles. The highest BCUT2D eigenvalue weighted by Gasteiger charge is 2.23. The van der Waals surface area contributed by atoms with Crippen LogP contribution in [0.15, 0.2) is 59.1 Å². The second-order valence-corrected chi connectivity index (χ2v) is 7.29. The third kappa shape index (κ3) is 6.21. The van der Waals surface area contributed by atoms with Crippen molar-refractivity contribution in [3.63, 3.8) is 0 Å². The number of thioether (sulfide) groups is 1. The first-order valence-corrected chi connectivity index (χ1v) is 10.0. The lowest BCUT2D eigenvalue weighted by Crippen LogP contribution is -2.30. The summed E-state index contributed by atoms with van der Waals surface area (Å²) in [5.74, 6) is 0. The number of aromatic nitrogens is 1. The third-order valence-corrected chi connectivity index (χ3v) is 5.48. The molecule has 148 valence electrons. The smallest absolute Gasteiger partial charge is 0.418 e. The summed E-state index contributed by atoms with van der Waals surface area (Å²) < 4.78 is 41.0. The molecule has 0 saturated heterocycles. The van der Waals surface area contributed by atoms with E-state index in [2.05, 4.69) is 0 Å². The van der Waals surface area contributed by atoms with Gasteiger partial charge in [0, 0.05) is 29.3 Å². The molecule has 0 aliphatic heterocycles. The normalized spacial score (nSPS) is 10.9. The molecule has 0 spiro atoms. The number of nitrogens with zero attached hydrogens (tertiary/aromatic N) is 2. The zero-order valence-corrected chi connectivity index (χ0v) is 16.6. The van der Waals surface area contributed by atoms with Gasteiger partial charge in [-0.1, -0.05) is 46.8 Å². The first-order chi connectivity index (χ1) is 13.1. The molecule has 3 aromatic rings. The first-order valence-electron chi connectivity index (χ1n) is 7.55. The molecular weight excluding hydrogens is 439 g/mol. The third-order valence-electron chi connectivity index (χ3n) is 3.33. The summed E-state index contributed by atoms with van der Waals surface area (Å²) in [6, 6.07) is 14.3. The van der Waals surface area contributed by atoms with Crippen LogP contribution in [0, 0.1) is 10.1 Å². The largest absolute Gasteiger partial charge is 0.673 e. The molecule has 0 N–H and O–H groups in total. The highest BCUT2D eigenvalue weighted by atomic mass is 35.5. The van der Waals surface area contributed by atoms with E-state index in [1.165, 1.54) is 12.1 Å². The summed E-state index contributed by atoms with van der Waals surface area (Å²) >= 11 is 9.22. The lowest BCUT2D eigenvalue weighted by Gasteiger charge is -2.00. The molecule has 0 aliphatic carbocycles. The zero-order chi connectivity index (χ0) is 20.9. The van der Waals surface area contributed by atoms with Gasteiger partial charge in [-0.2, -0.15) is 0 Å². The van der Waals surface area contributed by atoms with Gasteiger partial charge in [-0.25, -0.2) is 0 Å². The van der Waals surface area contributed by atoms with Crippen LogP contribution in [0.2, 0.25) is 5.02 Å². The minimum atomic E-state index is -6.00. The van der Waals surface area contributed by atoms with E-state index in [9.17, 15) is 27.4 Å². The number of hydrogen-bond acceptors (Lipinski definition) is 4. The number of non-ortho nitro benzene ring substituents is 1. The summed E-state index contributed by atoms with van der Waals surface area (Å²) in [5.41, 5.74) is 4.10. The summed E-state index contributed by atoms with van der Waals surface area (Å²) in [6.45, 7) is 0. The SMILES string of the molecule is CSc1c(-c2ccc(Cl)cc2)sc[n+]1-c1ccc([N+](=O)[O-])cc1.F[B-](F)(F)F. The van der Waals surface area contributed by atoms with Crippen molar-refractivity contribution in [2.45, 2.75) is 5.03 Å². The Morgan fingerprint density at radius 2 is 1.61 bits per heavy atom. The van der Waals surface area contributed by atoms with Crippen molar-refractivity contribution in [3.05, 3.63) is 69.2 Å². The monoisotopic (exact) mass is 450 g/mol. The van der Waals surface area contributed by atoms with E-state index < -0.39 is 12.2 Å². The fourth-order valence-electron chi connectivity index (χ4n) is 2.21. The lowest BCUT2D eigenvalue weighted by molar-refractivity contribution is -0.629. The van der Waals surface area contributed by atoms with Crippen molar-refractivity contribution in [3.8, 4) is 16.1 Å². The highest BCUT2D eigenvalue weighted by Crippen LogP contribution is 2.33. The van der Waals surface area contributed by atoms with E-state index in [-0.39, 0.29) is 5.69 Å². The van der Waals surface area contributed by atoms with Gasteiger partial charge in [0.1, 0.15) is 4.88 Å². The van der Waals surface area contributed by atoms with Crippen molar-refractivity contribution < 1.29 is 26.8 Å². The zero-order valence-electron chi connectivity index (χ0n) is 14.2. The fraction of sp³-hybridized carbons (Fsp3) is 0.0625. The van der Waals surface area contributed by atoms with E-state index in [1.54, 1.807) is 35.2 Å². The maximum atomic E-state index is 10.8. The molecule has 0 bridgehead atoms. The van der Waals surface area contributed by atoms with Crippen LogP contribution in [0.1, 0.15) is 0 Å². The molecule has 0 amide bonds. The molecule has 0 fully saturated rings. The molecule has 2 aromatic carbocycles. The van der Waals surface area contributed by atoms with Crippen LogP contribution < -0.4 is 4.57 Å². The summed E-state index contributed by atoms with van der Waals surface area (Å²) in [7, 11) is -6.00. The maximum absolute atomic E-state index is 10.8. The number of benzene rings is 2. The van der Waals surface area contributed by atoms with E-state index in [0.29, 0.717) is 5.02 Å². The molecule has 4 nitrogen and oxygen atoms in total. The molecular formula is C16H12BClF4N2O2S2. The standard InChI is InChI=1S/C16H12ClN2O2S2.BF4/c1-22-16-15(11-2-4-12(17)5-3-11)23-10-18(16)13-6-8-14(9-7-13)19(20)21;2-1(3,4)5/h2-10H,1H3;/q+1;-1. The summed E-state index contributed by atoms with van der Waals surface area (Å²) in [5, 5.41) is 12.6. The number of thiazole rings is 1. The van der Waals surface area contributed by atoms with Crippen LogP contribution in [0.5, 0.6) is 0 Å². The number of halogens is 5. The van der Waals surface area contributed by atoms with Crippen LogP contribution in [0.25, 0.3) is 16.1 Å². The Morgan fingerprint density at radius 1 is 1.07 bits per heavy atom. The second kappa shape index (κ2) is 9.40. The first kappa shape index (κ1) is 22.2. The van der Waals surface area contributed by atoms with Crippen molar-refractivity contribution in [2.75, 3.05) is 6.26 Å². The van der Waals surface area contributed by atoms with Gasteiger partial charge in [-0.05, 0) is 24.0 Å². The van der Waals surface area contributed by atoms with Gasteiger partial charge in [0.05, 0.1) is 4.92 Å². The van der Waals surface area contributed by atoms with Gasteiger partial charge in [-0.15, -0.1) is 4.57 Å². The molecule has 0 saturated carbocycles. The average Bonchev–Trinajstić information content (AvgIpc) is 3.05. The van der Waals surface area contributed by atoms with Crippen molar-refractivity contribution in [2.24, 2.45) is 0 Å². The molecule has 3 rings (SSSR count). The quantitative estimate of drug-likeness (QED) is 0.117. The topological polar surface area (TPSA) is 47.0 Å². The van der Waals surface area contributed by atoms with Crippen LogP contribution in [-0.2, 0) is 0 Å². The van der Waals surface area contributed by atoms with E-state index >= 15 is 0 Å². The molecule has 0 radical (unpaired) electrons. The van der Waals surface area contributed by atoms with Crippen LogP contribution >= 0.6 is 34.7 Å². The Kier molecular flexibility index (Phi) is 7.45. The van der Waals surface area contributed by atoms with E-state index in [0.717, 1.165) is 21.2 Å². The Bertz CT molecular complexity index is 945. The van der Waals surface area contributed by atoms with Crippen LogP contribution in [0.3, 0.4) is 0 Å². The lowest BCUT2D eigenvalue weighted by atomic mass is 10.2. The average molecular weight is 451 g/mol. The van der Waals surface area contributed by atoms with Crippen molar-refractivity contribution in [1.82, 2.24) is 0 Å². The van der Waals surface area contributed by atoms with Gasteiger partial charge in [-0.3, -0.25) is 10.1 Å². The molecule has 28 heavy (non-hydrogen) atoms. The van der Waals surface area contributed by atoms with Gasteiger partial charge in [0.25, 0.3) is 10.7 Å². The molecule has 12 heteroatoms. The second-order valence-electron chi connectivity index (χ2n) is 5.21. The number of hydrogen-bond donors (Lipinski definition) is 0. The molecule has 0 unspecified atom stereocenters. The Hall–Kier alpha value is -2.11. The van der Waals surface area contributed by atoms with Crippen molar-refractivity contribution >= 4 is 47.6 Å². The maximum Gasteiger partial charge on any atom is 0.673 e. The summed E-state index contributed by atoms with van der Waals surface area (Å²) in [4.78, 5) is 11.5. The fourth-order valence-corrected chi connectivity index (χ4v) is 4.36. The van der Waals surface area contributed by atoms with E-state index in [1.807, 2.05) is 40.6 Å². The minimum Gasteiger partial charge on any atom is -0.418 e. The summed E-state index contributed by atoms with van der Waals surface area (Å²) in [6.07, 6.45) is 2.02. The molecule has 0 aliphatic rings. The van der Waals surface area contributed by atoms with Gasteiger partial charge >= 0.3 is 7.25 Å². The van der Waals surface area contributed by atoms with Crippen molar-refractivity contribution in [1.29, 1.82) is 0 Å². The van der Waals surface area contributed by atoms with Gasteiger partial charge in [0.15, 0.2) is 0 Å².